The van der Waals surface area contributed by atoms with Gasteiger partial charge in [0.05, 0.1) is 18.7 Å². The molecule has 4 heteroatoms. The lowest BCUT2D eigenvalue weighted by Gasteiger charge is -2.31. The molecule has 1 aliphatic heterocycles. The maximum atomic E-state index is 10.6. The Morgan fingerprint density at radius 2 is 2.33 bits per heavy atom. The number of pyridine rings is 1. The van der Waals surface area contributed by atoms with Crippen molar-refractivity contribution in [3.8, 4) is 5.75 Å². The predicted octanol–water partition coefficient (Wildman–Crippen LogP) is 2.95. The van der Waals surface area contributed by atoms with Gasteiger partial charge in [0.15, 0.2) is 0 Å². The van der Waals surface area contributed by atoms with Gasteiger partial charge >= 0.3 is 0 Å². The van der Waals surface area contributed by atoms with E-state index in [0.717, 1.165) is 48.1 Å². The number of piperidine rings is 1. The van der Waals surface area contributed by atoms with Gasteiger partial charge in [-0.15, -0.1) is 6.58 Å². The first kappa shape index (κ1) is 16.9. The molecule has 0 saturated carbocycles. The highest BCUT2D eigenvalue weighted by atomic mass is 16.5. The molecule has 4 nitrogen and oxygen atoms in total. The monoisotopic (exact) mass is 326 g/mol. The van der Waals surface area contributed by atoms with Gasteiger partial charge in [-0.05, 0) is 67.5 Å². The normalized spacial score (nSPS) is 22.2. The molecule has 24 heavy (non-hydrogen) atoms. The molecule has 0 aliphatic carbocycles. The molecule has 0 unspecified atom stereocenters. The summed E-state index contributed by atoms with van der Waals surface area (Å²) in [5.41, 5.74) is 2.06. The topological polar surface area (TPSA) is 54.4 Å². The number of fused-ring (bicyclic) bond motifs is 1. The van der Waals surface area contributed by atoms with Crippen molar-refractivity contribution in [2.45, 2.75) is 25.4 Å². The van der Waals surface area contributed by atoms with Crippen molar-refractivity contribution < 1.29 is 9.84 Å². The van der Waals surface area contributed by atoms with E-state index in [9.17, 15) is 5.11 Å². The SMILES string of the molecule is C=C[C@H]1CNCC[C@H]1C[C@H](O)Cc1ccnc2ccc(OC)cc12. The Hall–Kier alpha value is -1.91. The molecule has 128 valence electrons. The third-order valence-electron chi connectivity index (χ3n) is 5.05. The Bertz CT molecular complexity index is 701. The number of hydrogen-bond donors (Lipinski definition) is 2. The summed E-state index contributed by atoms with van der Waals surface area (Å²) < 4.78 is 5.32. The Morgan fingerprint density at radius 1 is 1.46 bits per heavy atom. The molecule has 1 fully saturated rings. The lowest BCUT2D eigenvalue weighted by molar-refractivity contribution is 0.120. The summed E-state index contributed by atoms with van der Waals surface area (Å²) in [4.78, 5) is 4.41. The van der Waals surface area contributed by atoms with Gasteiger partial charge in [-0.3, -0.25) is 4.98 Å². The highest BCUT2D eigenvalue weighted by Crippen LogP contribution is 2.28. The van der Waals surface area contributed by atoms with E-state index in [1.165, 1.54) is 0 Å². The first-order valence-corrected chi connectivity index (χ1v) is 8.64. The summed E-state index contributed by atoms with van der Waals surface area (Å²) in [5, 5.41) is 15.1. The zero-order chi connectivity index (χ0) is 16.9. The summed E-state index contributed by atoms with van der Waals surface area (Å²) >= 11 is 0. The summed E-state index contributed by atoms with van der Waals surface area (Å²) in [5.74, 6) is 1.76. The molecule has 0 bridgehead atoms. The lowest BCUT2D eigenvalue weighted by Crippen LogP contribution is -2.37. The van der Waals surface area contributed by atoms with Crippen LogP contribution in [0.25, 0.3) is 10.9 Å². The van der Waals surface area contributed by atoms with Crippen LogP contribution in [0.4, 0.5) is 0 Å². The summed E-state index contributed by atoms with van der Waals surface area (Å²) in [6.45, 7) is 5.94. The van der Waals surface area contributed by atoms with Crippen LogP contribution in [0.5, 0.6) is 5.75 Å². The molecule has 2 N–H and O–H groups in total. The van der Waals surface area contributed by atoms with Crippen LogP contribution >= 0.6 is 0 Å². The third kappa shape index (κ3) is 3.77. The highest BCUT2D eigenvalue weighted by molar-refractivity contribution is 5.83. The van der Waals surface area contributed by atoms with Gasteiger partial charge in [0.25, 0.3) is 0 Å². The highest BCUT2D eigenvalue weighted by Gasteiger charge is 2.25. The zero-order valence-corrected chi connectivity index (χ0v) is 14.2. The summed E-state index contributed by atoms with van der Waals surface area (Å²) in [6, 6.07) is 7.88. The predicted molar refractivity (Wildman–Crippen MR) is 97.3 cm³/mol. The van der Waals surface area contributed by atoms with Crippen LogP contribution in [0.15, 0.2) is 43.1 Å². The number of aliphatic hydroxyl groups excluding tert-OH is 1. The third-order valence-corrected chi connectivity index (χ3v) is 5.05. The fourth-order valence-electron chi connectivity index (χ4n) is 3.68. The molecule has 1 aliphatic rings. The van der Waals surface area contributed by atoms with E-state index in [1.807, 2.05) is 36.5 Å². The molecule has 1 aromatic carbocycles. The van der Waals surface area contributed by atoms with Crippen molar-refractivity contribution in [1.82, 2.24) is 10.3 Å². The Balaban J connectivity index is 1.75. The Kier molecular flexibility index (Phi) is 5.48. The van der Waals surface area contributed by atoms with Gasteiger partial charge < -0.3 is 15.2 Å². The fraction of sp³-hybridized carbons (Fsp3) is 0.450. The molecule has 0 radical (unpaired) electrons. The van der Waals surface area contributed by atoms with Gasteiger partial charge in [-0.25, -0.2) is 0 Å². The maximum Gasteiger partial charge on any atom is 0.119 e. The fourth-order valence-corrected chi connectivity index (χ4v) is 3.68. The molecule has 2 aromatic rings. The van der Waals surface area contributed by atoms with Crippen molar-refractivity contribution >= 4 is 10.9 Å². The van der Waals surface area contributed by atoms with Crippen molar-refractivity contribution in [3.05, 3.63) is 48.7 Å². The second-order valence-corrected chi connectivity index (χ2v) is 6.60. The average Bonchev–Trinajstić information content (AvgIpc) is 2.62. The van der Waals surface area contributed by atoms with E-state index < -0.39 is 0 Å². The number of hydrogen-bond acceptors (Lipinski definition) is 4. The van der Waals surface area contributed by atoms with Gasteiger partial charge in [-0.1, -0.05) is 6.08 Å². The Morgan fingerprint density at radius 3 is 3.12 bits per heavy atom. The van der Waals surface area contributed by atoms with E-state index in [-0.39, 0.29) is 6.10 Å². The van der Waals surface area contributed by atoms with Crippen LogP contribution in [-0.4, -0.2) is 36.4 Å². The number of ether oxygens (including phenoxy) is 1. The number of aromatic nitrogens is 1. The van der Waals surface area contributed by atoms with Crippen molar-refractivity contribution in [2.75, 3.05) is 20.2 Å². The standard InChI is InChI=1S/C20H26N2O2/c1-3-14-13-21-8-6-15(14)10-17(23)11-16-7-9-22-20-5-4-18(24-2)12-19(16)20/h3-5,7,9,12,14-15,17,21,23H,1,6,8,10-11,13H2,2H3/t14-,15-,17-/m0/s1. The first-order valence-electron chi connectivity index (χ1n) is 8.64. The molecule has 3 atom stereocenters. The smallest absolute Gasteiger partial charge is 0.119 e. The molecule has 0 amide bonds. The Labute approximate surface area is 143 Å². The number of aliphatic hydroxyl groups is 1. The van der Waals surface area contributed by atoms with Crippen molar-refractivity contribution in [2.24, 2.45) is 11.8 Å². The molecule has 2 heterocycles. The van der Waals surface area contributed by atoms with Gasteiger partial charge in [-0.2, -0.15) is 0 Å². The minimum Gasteiger partial charge on any atom is -0.497 e. The van der Waals surface area contributed by atoms with Crippen LogP contribution in [-0.2, 0) is 6.42 Å². The van der Waals surface area contributed by atoms with E-state index in [0.29, 0.717) is 18.3 Å². The molecular weight excluding hydrogens is 300 g/mol. The number of nitrogens with zero attached hydrogens (tertiary/aromatic N) is 1. The molecule has 1 aromatic heterocycles. The number of rotatable bonds is 6. The van der Waals surface area contributed by atoms with Gasteiger partial charge in [0.1, 0.15) is 5.75 Å². The van der Waals surface area contributed by atoms with Crippen LogP contribution in [0.2, 0.25) is 0 Å². The second-order valence-electron chi connectivity index (χ2n) is 6.60. The van der Waals surface area contributed by atoms with E-state index in [1.54, 1.807) is 7.11 Å². The zero-order valence-electron chi connectivity index (χ0n) is 14.2. The quantitative estimate of drug-likeness (QED) is 0.802. The van der Waals surface area contributed by atoms with Crippen LogP contribution < -0.4 is 10.1 Å². The lowest BCUT2D eigenvalue weighted by atomic mass is 9.81. The second kappa shape index (κ2) is 7.77. The van der Waals surface area contributed by atoms with Crippen LogP contribution in [0, 0.1) is 11.8 Å². The van der Waals surface area contributed by atoms with E-state index in [4.69, 9.17) is 4.74 Å². The number of nitrogens with one attached hydrogen (secondary N) is 1. The molecule has 0 spiro atoms. The number of benzene rings is 1. The molecule has 1 saturated heterocycles. The number of methoxy groups -OCH3 is 1. The van der Waals surface area contributed by atoms with Gasteiger partial charge in [0.2, 0.25) is 0 Å². The minimum atomic E-state index is -0.354. The summed E-state index contributed by atoms with van der Waals surface area (Å²) in [7, 11) is 1.67. The van der Waals surface area contributed by atoms with Gasteiger partial charge in [0, 0.05) is 18.1 Å². The summed E-state index contributed by atoms with van der Waals surface area (Å²) in [6.07, 6.45) is 6.03. The molecular formula is C20H26N2O2. The first-order chi connectivity index (χ1) is 11.7. The largest absolute Gasteiger partial charge is 0.497 e. The van der Waals surface area contributed by atoms with Crippen LogP contribution in [0.1, 0.15) is 18.4 Å². The van der Waals surface area contributed by atoms with Crippen molar-refractivity contribution in [3.63, 3.8) is 0 Å². The van der Waals surface area contributed by atoms with Crippen LogP contribution in [0.3, 0.4) is 0 Å². The van der Waals surface area contributed by atoms with E-state index >= 15 is 0 Å². The van der Waals surface area contributed by atoms with Crippen molar-refractivity contribution in [1.29, 1.82) is 0 Å². The average molecular weight is 326 g/mol. The molecule has 3 rings (SSSR count). The maximum absolute atomic E-state index is 10.6. The minimum absolute atomic E-state index is 0.354. The van der Waals surface area contributed by atoms with E-state index in [2.05, 4.69) is 16.9 Å².